The highest BCUT2D eigenvalue weighted by Gasteiger charge is 2.49. The molecule has 6 rings (SSSR count). The van der Waals surface area contributed by atoms with Gasteiger partial charge in [-0.05, 0) is 17.2 Å². The van der Waals surface area contributed by atoms with Crippen LogP contribution in [-0.2, 0) is 26.5 Å². The van der Waals surface area contributed by atoms with Crippen molar-refractivity contribution in [1.29, 1.82) is 0 Å². The molecule has 1 aromatic heterocycles. The molecule has 0 spiro atoms. The first-order valence-corrected chi connectivity index (χ1v) is 12.4. The molecule has 3 aromatic rings. The van der Waals surface area contributed by atoms with E-state index in [1.54, 1.807) is 60.8 Å². The number of fused-ring (bicyclic) bond motifs is 3. The molecule has 8 heteroatoms. The number of ether oxygens (including phenoxy) is 1. The summed E-state index contributed by atoms with van der Waals surface area (Å²) in [4.78, 5) is 34.4. The average Bonchev–Trinajstić information content (AvgIpc) is 2.93. The Kier molecular flexibility index (Phi) is 6.80. The third-order valence-electron chi connectivity index (χ3n) is 7.54. The van der Waals surface area contributed by atoms with E-state index in [-0.39, 0.29) is 11.8 Å². The van der Waals surface area contributed by atoms with Gasteiger partial charge in [0.2, 0.25) is 0 Å². The molecule has 0 aliphatic carbocycles. The number of piperidine rings is 3. The van der Waals surface area contributed by atoms with Crippen molar-refractivity contribution < 1.29 is 23.9 Å². The first-order valence-electron chi connectivity index (χ1n) is 12.4. The maximum atomic E-state index is 14.2. The molecular weight excluding hydrogens is 456 g/mol. The molecule has 36 heavy (non-hydrogen) atoms. The Bertz CT molecular complexity index is 1140. The first kappa shape index (κ1) is 24.1. The second kappa shape index (κ2) is 10.2. The Morgan fingerprint density at radius 2 is 1.64 bits per heavy atom. The number of aromatic nitrogens is 2. The van der Waals surface area contributed by atoms with Crippen molar-refractivity contribution in [2.24, 2.45) is 5.92 Å². The van der Waals surface area contributed by atoms with E-state index in [9.17, 15) is 14.7 Å². The monoisotopic (exact) mass is 486 g/mol. The molecule has 3 aliphatic heterocycles. The highest BCUT2D eigenvalue weighted by atomic mass is 16.6. The normalized spacial score (nSPS) is 23.1. The Hall–Kier alpha value is -3.62. The molecule has 1 atom stereocenters. The van der Waals surface area contributed by atoms with Gasteiger partial charge in [0.15, 0.2) is 12.6 Å². The number of nitrogens with one attached hydrogen (secondary N) is 1. The van der Waals surface area contributed by atoms with E-state index in [0.717, 1.165) is 31.6 Å². The van der Waals surface area contributed by atoms with Crippen LogP contribution in [-0.4, -0.2) is 58.6 Å². The van der Waals surface area contributed by atoms with Crippen molar-refractivity contribution in [2.75, 3.05) is 26.2 Å². The molecule has 2 bridgehead atoms. The molecule has 186 valence electrons. The van der Waals surface area contributed by atoms with Crippen molar-refractivity contribution in [3.63, 3.8) is 0 Å². The average molecular weight is 487 g/mol. The number of amides is 1. The minimum Gasteiger partial charge on any atom is -0.834 e. The molecule has 1 amide bonds. The zero-order valence-electron chi connectivity index (χ0n) is 20.1. The van der Waals surface area contributed by atoms with Crippen LogP contribution in [0.3, 0.4) is 0 Å². The van der Waals surface area contributed by atoms with E-state index >= 15 is 0 Å². The number of rotatable bonds is 8. The molecule has 8 nitrogen and oxygen atoms in total. The second-order valence-electron chi connectivity index (χ2n) is 9.80. The molecule has 0 radical (unpaired) electrons. The van der Waals surface area contributed by atoms with Crippen LogP contribution in [0.2, 0.25) is 0 Å². The van der Waals surface area contributed by atoms with Gasteiger partial charge in [-0.3, -0.25) is 9.59 Å². The topological polar surface area (TPSA) is 104 Å². The maximum absolute atomic E-state index is 14.2. The standard InChI is InChI=1S/C28H30N4O4/c33-26(30-17-24-11-14-29-20-31-24)19-32-15-12-21(13-16-32)25(18-32)36-27(34)28(35,22-7-3-1-4-8-22)23-9-5-2-6-10-23/h1-11,14,20-21,25H,12-13,15-19H2,(H,30,33). The van der Waals surface area contributed by atoms with Gasteiger partial charge in [0.25, 0.3) is 5.91 Å². The van der Waals surface area contributed by atoms with Gasteiger partial charge in [-0.1, -0.05) is 60.7 Å². The number of quaternary nitrogens is 1. The van der Waals surface area contributed by atoms with Gasteiger partial charge in [0, 0.05) is 30.6 Å². The summed E-state index contributed by atoms with van der Waals surface area (Å²) in [5, 5.41) is 17.2. The van der Waals surface area contributed by atoms with E-state index in [1.165, 1.54) is 6.33 Å². The van der Waals surface area contributed by atoms with Gasteiger partial charge >= 0.3 is 5.97 Å². The lowest BCUT2D eigenvalue weighted by molar-refractivity contribution is -0.939. The van der Waals surface area contributed by atoms with Crippen LogP contribution < -0.4 is 10.4 Å². The summed E-state index contributed by atoms with van der Waals surface area (Å²) in [6, 6.07) is 19.1. The Balaban J connectivity index is 1.30. The molecule has 1 unspecified atom stereocenters. The van der Waals surface area contributed by atoms with Crippen molar-refractivity contribution in [3.8, 4) is 0 Å². The third-order valence-corrected chi connectivity index (χ3v) is 7.54. The van der Waals surface area contributed by atoms with Gasteiger partial charge in [-0.25, -0.2) is 9.97 Å². The van der Waals surface area contributed by atoms with Crippen LogP contribution in [0.25, 0.3) is 0 Å². The highest BCUT2D eigenvalue weighted by molar-refractivity contribution is 5.85. The van der Waals surface area contributed by atoms with Crippen molar-refractivity contribution in [2.45, 2.75) is 31.1 Å². The quantitative estimate of drug-likeness (QED) is 0.383. The Labute approximate surface area is 210 Å². The highest BCUT2D eigenvalue weighted by Crippen LogP contribution is 2.37. The van der Waals surface area contributed by atoms with Gasteiger partial charge < -0.3 is 19.6 Å². The number of nitrogens with zero attached hydrogens (tertiary/aromatic N) is 3. The molecule has 1 N–H and O–H groups in total. The van der Waals surface area contributed by atoms with Gasteiger partial charge in [-0.2, -0.15) is 0 Å². The van der Waals surface area contributed by atoms with E-state index in [4.69, 9.17) is 4.74 Å². The van der Waals surface area contributed by atoms with Crippen molar-refractivity contribution >= 4 is 11.9 Å². The van der Waals surface area contributed by atoms with E-state index < -0.39 is 17.7 Å². The third kappa shape index (κ3) is 4.87. The number of benzene rings is 2. The smallest absolute Gasteiger partial charge is 0.304 e. The molecule has 3 fully saturated rings. The van der Waals surface area contributed by atoms with E-state index in [2.05, 4.69) is 15.3 Å². The number of esters is 1. The molecule has 3 aliphatic rings. The Morgan fingerprint density at radius 1 is 1.00 bits per heavy atom. The van der Waals surface area contributed by atoms with Crippen LogP contribution in [0.5, 0.6) is 0 Å². The number of carbonyl (C=O) groups excluding carboxylic acids is 2. The predicted octanol–water partition coefficient (Wildman–Crippen LogP) is 1.55. The fraction of sp³-hybridized carbons (Fsp3) is 0.357. The lowest BCUT2D eigenvalue weighted by Crippen LogP contribution is -2.67. The summed E-state index contributed by atoms with van der Waals surface area (Å²) >= 11 is 0. The van der Waals surface area contributed by atoms with Gasteiger partial charge in [0.05, 0.1) is 25.3 Å². The predicted molar refractivity (Wildman–Crippen MR) is 130 cm³/mol. The van der Waals surface area contributed by atoms with Crippen molar-refractivity contribution in [3.05, 3.63) is 96.1 Å². The molecular formula is C28H30N4O4. The maximum Gasteiger partial charge on any atom is 0.304 e. The van der Waals surface area contributed by atoms with Crippen LogP contribution in [0.15, 0.2) is 79.3 Å². The van der Waals surface area contributed by atoms with Crippen LogP contribution in [0.1, 0.15) is 29.7 Å². The zero-order chi connectivity index (χ0) is 25.0. The zero-order valence-corrected chi connectivity index (χ0v) is 20.1. The summed E-state index contributed by atoms with van der Waals surface area (Å²) in [7, 11) is 0. The van der Waals surface area contributed by atoms with Crippen LogP contribution >= 0.6 is 0 Å². The summed E-state index contributed by atoms with van der Waals surface area (Å²) in [5.74, 6) is -0.648. The number of carbonyl (C=O) groups is 2. The lowest BCUT2D eigenvalue weighted by atomic mass is 9.82. The lowest BCUT2D eigenvalue weighted by Gasteiger charge is -2.52. The fourth-order valence-electron chi connectivity index (χ4n) is 5.52. The number of hydrogen-bond acceptors (Lipinski definition) is 6. The Morgan fingerprint density at radius 3 is 2.22 bits per heavy atom. The fourth-order valence-corrected chi connectivity index (χ4v) is 5.52. The summed E-state index contributed by atoms with van der Waals surface area (Å²) < 4.78 is 6.58. The SMILES string of the molecule is O=C(C[N+]12CCC(CC1)C(OC(=O)C([O-])(c1ccccc1)c1ccccc1)C2)NCc1ccncn1. The number of hydrogen-bond donors (Lipinski definition) is 1. The largest absolute Gasteiger partial charge is 0.834 e. The first-order chi connectivity index (χ1) is 17.5. The van der Waals surface area contributed by atoms with Crippen LogP contribution in [0.4, 0.5) is 0 Å². The van der Waals surface area contributed by atoms with Crippen LogP contribution in [0, 0.1) is 5.92 Å². The summed E-state index contributed by atoms with van der Waals surface area (Å²) in [5.41, 5.74) is -0.698. The summed E-state index contributed by atoms with van der Waals surface area (Å²) in [6.07, 6.45) is 4.43. The van der Waals surface area contributed by atoms with Crippen molar-refractivity contribution in [1.82, 2.24) is 15.3 Å². The minimum absolute atomic E-state index is 0.0641. The molecule has 0 saturated carbocycles. The minimum atomic E-state index is -2.16. The molecule has 3 saturated heterocycles. The van der Waals surface area contributed by atoms with Gasteiger partial charge in [-0.15, -0.1) is 0 Å². The molecule has 2 aromatic carbocycles. The van der Waals surface area contributed by atoms with E-state index in [0.29, 0.717) is 35.2 Å². The molecule has 4 heterocycles. The van der Waals surface area contributed by atoms with Gasteiger partial charge in [0.1, 0.15) is 12.9 Å². The summed E-state index contributed by atoms with van der Waals surface area (Å²) in [6.45, 7) is 2.91. The second-order valence-corrected chi connectivity index (χ2v) is 9.80. The van der Waals surface area contributed by atoms with E-state index in [1.807, 2.05) is 12.1 Å².